The maximum Gasteiger partial charge on any atom is 0.146 e. The van der Waals surface area contributed by atoms with Crippen LogP contribution in [0.3, 0.4) is 0 Å². The van der Waals surface area contributed by atoms with Crippen molar-refractivity contribution in [3.8, 4) is 0 Å². The SMILES string of the molecule is COCO[C@H](CCOCc1ccccc1)[C@H](Cc1ccccc1)N=[N+]=[N-]. The predicted molar refractivity (Wildman–Crippen MR) is 101 cm³/mol. The summed E-state index contributed by atoms with van der Waals surface area (Å²) in [6.07, 6.45) is 0.951. The van der Waals surface area contributed by atoms with E-state index in [9.17, 15) is 0 Å². The van der Waals surface area contributed by atoms with Crippen molar-refractivity contribution in [3.05, 3.63) is 82.2 Å². The molecule has 0 aliphatic carbocycles. The number of methoxy groups -OCH3 is 1. The fourth-order valence-electron chi connectivity index (χ4n) is 2.67. The average Bonchev–Trinajstić information content (AvgIpc) is 2.69. The minimum absolute atomic E-state index is 0.148. The van der Waals surface area contributed by atoms with Crippen LogP contribution in [-0.2, 0) is 27.2 Å². The Morgan fingerprint density at radius 1 is 1.00 bits per heavy atom. The molecule has 0 N–H and O–H groups in total. The van der Waals surface area contributed by atoms with Crippen LogP contribution < -0.4 is 0 Å². The zero-order valence-corrected chi connectivity index (χ0v) is 15.0. The second kappa shape index (κ2) is 12.1. The van der Waals surface area contributed by atoms with Crippen molar-refractivity contribution in [3.63, 3.8) is 0 Å². The van der Waals surface area contributed by atoms with Crippen LogP contribution >= 0.6 is 0 Å². The Labute approximate surface area is 154 Å². The predicted octanol–water partition coefficient (Wildman–Crippen LogP) is 4.50. The molecule has 0 unspecified atom stereocenters. The molecule has 2 aromatic carbocycles. The Morgan fingerprint density at radius 3 is 2.27 bits per heavy atom. The van der Waals surface area contributed by atoms with E-state index >= 15 is 0 Å². The summed E-state index contributed by atoms with van der Waals surface area (Å²) in [6.45, 7) is 1.20. The van der Waals surface area contributed by atoms with Gasteiger partial charge in [0.25, 0.3) is 0 Å². The van der Waals surface area contributed by atoms with Crippen LogP contribution in [0.25, 0.3) is 10.4 Å². The van der Waals surface area contributed by atoms with Crippen molar-refractivity contribution < 1.29 is 14.2 Å². The molecule has 0 aliphatic heterocycles. The van der Waals surface area contributed by atoms with Crippen LogP contribution in [0.15, 0.2) is 65.8 Å². The second-order valence-corrected chi connectivity index (χ2v) is 5.90. The van der Waals surface area contributed by atoms with E-state index in [-0.39, 0.29) is 18.9 Å². The van der Waals surface area contributed by atoms with Crippen molar-refractivity contribution in [2.75, 3.05) is 20.5 Å². The molecule has 0 aliphatic rings. The molecule has 2 aromatic rings. The second-order valence-electron chi connectivity index (χ2n) is 5.90. The number of rotatable bonds is 12. The van der Waals surface area contributed by atoms with Crippen LogP contribution in [-0.4, -0.2) is 32.7 Å². The summed E-state index contributed by atoms with van der Waals surface area (Å²) in [4.78, 5) is 3.00. The van der Waals surface area contributed by atoms with Crippen LogP contribution in [0.2, 0.25) is 0 Å². The summed E-state index contributed by atoms with van der Waals surface area (Å²) in [5, 5.41) is 3.95. The first-order chi connectivity index (χ1) is 12.8. The molecule has 0 heterocycles. The molecular weight excluding hydrogens is 330 g/mol. The summed E-state index contributed by atoms with van der Waals surface area (Å²) in [5.41, 5.74) is 11.2. The molecule has 0 saturated heterocycles. The smallest absolute Gasteiger partial charge is 0.146 e. The molecule has 0 radical (unpaired) electrons. The van der Waals surface area contributed by atoms with Gasteiger partial charge in [-0.3, -0.25) is 0 Å². The van der Waals surface area contributed by atoms with Crippen molar-refractivity contribution in [1.82, 2.24) is 0 Å². The van der Waals surface area contributed by atoms with Gasteiger partial charge in [0.2, 0.25) is 0 Å². The van der Waals surface area contributed by atoms with Gasteiger partial charge in [-0.1, -0.05) is 65.8 Å². The molecule has 0 spiro atoms. The lowest BCUT2D eigenvalue weighted by Gasteiger charge is -2.24. The standard InChI is InChI=1S/C20H25N3O3/c1-24-16-26-20(12-13-25-15-18-10-6-3-7-11-18)19(22-23-21)14-17-8-4-2-5-9-17/h2-11,19-20H,12-16H2,1H3/t19-,20+/m0/s1. The third-order valence-electron chi connectivity index (χ3n) is 3.98. The Hall–Kier alpha value is -2.37. The molecule has 0 aromatic heterocycles. The fourth-order valence-corrected chi connectivity index (χ4v) is 2.67. The molecule has 2 rings (SSSR count). The van der Waals surface area contributed by atoms with Gasteiger partial charge in [0.15, 0.2) is 0 Å². The van der Waals surface area contributed by atoms with Gasteiger partial charge in [-0.2, -0.15) is 0 Å². The molecule has 0 saturated carbocycles. The Balaban J connectivity index is 1.92. The number of hydrogen-bond donors (Lipinski definition) is 0. The van der Waals surface area contributed by atoms with E-state index in [0.717, 1.165) is 11.1 Å². The zero-order chi connectivity index (χ0) is 18.5. The maximum absolute atomic E-state index is 8.95. The third-order valence-corrected chi connectivity index (χ3v) is 3.98. The van der Waals surface area contributed by atoms with Gasteiger partial charge >= 0.3 is 0 Å². The van der Waals surface area contributed by atoms with Gasteiger partial charge in [0.1, 0.15) is 6.79 Å². The van der Waals surface area contributed by atoms with Gasteiger partial charge in [-0.25, -0.2) is 0 Å². The van der Waals surface area contributed by atoms with E-state index in [4.69, 9.17) is 19.7 Å². The number of benzene rings is 2. The van der Waals surface area contributed by atoms with Crippen molar-refractivity contribution in [2.24, 2.45) is 5.11 Å². The van der Waals surface area contributed by atoms with Gasteiger partial charge < -0.3 is 14.2 Å². The van der Waals surface area contributed by atoms with E-state index in [2.05, 4.69) is 10.0 Å². The molecule has 0 amide bonds. The van der Waals surface area contributed by atoms with Crippen LogP contribution in [0.1, 0.15) is 17.5 Å². The van der Waals surface area contributed by atoms with Crippen molar-refractivity contribution in [2.45, 2.75) is 31.6 Å². The highest BCUT2D eigenvalue weighted by Crippen LogP contribution is 2.16. The molecule has 138 valence electrons. The monoisotopic (exact) mass is 355 g/mol. The quantitative estimate of drug-likeness (QED) is 0.185. The van der Waals surface area contributed by atoms with Gasteiger partial charge in [0.05, 0.1) is 18.8 Å². The van der Waals surface area contributed by atoms with Gasteiger partial charge in [-0.05, 0) is 29.5 Å². The van der Waals surface area contributed by atoms with E-state index < -0.39 is 0 Å². The van der Waals surface area contributed by atoms with E-state index in [1.54, 1.807) is 7.11 Å². The fraction of sp³-hybridized carbons (Fsp3) is 0.400. The van der Waals surface area contributed by atoms with Gasteiger partial charge in [-0.15, -0.1) is 0 Å². The molecule has 6 heteroatoms. The summed E-state index contributed by atoms with van der Waals surface area (Å²) < 4.78 is 16.5. The Kier molecular flexibility index (Phi) is 9.25. The first kappa shape index (κ1) is 19.9. The maximum atomic E-state index is 8.95. The lowest BCUT2D eigenvalue weighted by molar-refractivity contribution is -0.0884. The molecule has 2 atom stereocenters. The van der Waals surface area contributed by atoms with Crippen LogP contribution in [0.4, 0.5) is 0 Å². The first-order valence-electron chi connectivity index (χ1n) is 8.64. The van der Waals surface area contributed by atoms with Crippen molar-refractivity contribution >= 4 is 0 Å². The zero-order valence-electron chi connectivity index (χ0n) is 15.0. The number of azide groups is 1. The first-order valence-corrected chi connectivity index (χ1v) is 8.64. The summed E-state index contributed by atoms with van der Waals surface area (Å²) >= 11 is 0. The molecule has 0 bridgehead atoms. The highest BCUT2D eigenvalue weighted by Gasteiger charge is 2.22. The Morgan fingerprint density at radius 2 is 1.65 bits per heavy atom. The average molecular weight is 355 g/mol. The van der Waals surface area contributed by atoms with E-state index in [1.807, 2.05) is 60.7 Å². The summed E-state index contributed by atoms with van der Waals surface area (Å²) in [5.74, 6) is 0. The minimum atomic E-state index is -0.321. The lowest BCUT2D eigenvalue weighted by atomic mass is 10.00. The van der Waals surface area contributed by atoms with Crippen LogP contribution in [0, 0.1) is 0 Å². The largest absolute Gasteiger partial charge is 0.377 e. The summed E-state index contributed by atoms with van der Waals surface area (Å²) in [6, 6.07) is 19.6. The molecule has 26 heavy (non-hydrogen) atoms. The third kappa shape index (κ3) is 7.25. The summed E-state index contributed by atoms with van der Waals surface area (Å²) in [7, 11) is 1.57. The van der Waals surface area contributed by atoms with E-state index in [1.165, 1.54) is 0 Å². The molecule has 0 fully saturated rings. The highest BCUT2D eigenvalue weighted by molar-refractivity contribution is 5.16. The Bertz CT molecular complexity index is 661. The molecular formula is C20H25N3O3. The van der Waals surface area contributed by atoms with Crippen LogP contribution in [0.5, 0.6) is 0 Å². The van der Waals surface area contributed by atoms with Gasteiger partial charge in [0, 0.05) is 18.6 Å². The van der Waals surface area contributed by atoms with Crippen molar-refractivity contribution in [1.29, 1.82) is 0 Å². The lowest BCUT2D eigenvalue weighted by Crippen LogP contribution is -2.31. The number of hydrogen-bond acceptors (Lipinski definition) is 4. The number of ether oxygens (including phenoxy) is 3. The normalized spacial score (nSPS) is 13.0. The minimum Gasteiger partial charge on any atom is -0.377 e. The number of nitrogens with zero attached hydrogens (tertiary/aromatic N) is 3. The molecule has 6 nitrogen and oxygen atoms in total. The highest BCUT2D eigenvalue weighted by atomic mass is 16.7. The van der Waals surface area contributed by atoms with E-state index in [0.29, 0.717) is 26.1 Å². The topological polar surface area (TPSA) is 76.5 Å².